The summed E-state index contributed by atoms with van der Waals surface area (Å²) in [6.45, 7) is 6.49. The molecule has 0 aliphatic carbocycles. The second-order valence-corrected chi connectivity index (χ2v) is 5.52. The molecule has 4 heteroatoms. The Hall–Kier alpha value is -2.09. The van der Waals surface area contributed by atoms with Crippen molar-refractivity contribution in [1.29, 1.82) is 5.26 Å². The maximum Gasteiger partial charge on any atom is 0.107 e. The van der Waals surface area contributed by atoms with E-state index in [0.717, 1.165) is 22.6 Å². The van der Waals surface area contributed by atoms with Gasteiger partial charge in [0.2, 0.25) is 0 Å². The van der Waals surface area contributed by atoms with E-state index in [9.17, 15) is 5.11 Å². The van der Waals surface area contributed by atoms with Crippen LogP contribution in [0.5, 0.6) is 0 Å². The topological polar surface area (TPSA) is 69.2 Å². The summed E-state index contributed by atoms with van der Waals surface area (Å²) in [6.07, 6.45) is 0. The second kappa shape index (κ2) is 6.13. The van der Waals surface area contributed by atoms with Crippen LogP contribution in [0.3, 0.4) is 0 Å². The van der Waals surface area contributed by atoms with Crippen molar-refractivity contribution in [1.82, 2.24) is 5.32 Å². The average Bonchev–Trinajstić information content (AvgIpc) is 2.78. The molecule has 2 rings (SSSR count). The minimum absolute atomic E-state index is 0.406. The Bertz CT molecular complexity index is 666. The van der Waals surface area contributed by atoms with Gasteiger partial charge >= 0.3 is 0 Å². The summed E-state index contributed by atoms with van der Waals surface area (Å²) in [5, 5.41) is 22.7. The Kier molecular flexibility index (Phi) is 4.46. The van der Waals surface area contributed by atoms with Crippen molar-refractivity contribution >= 4 is 0 Å². The fraction of sp³-hybridized carbons (Fsp3) is 0.353. The minimum Gasteiger partial charge on any atom is -0.466 e. The summed E-state index contributed by atoms with van der Waals surface area (Å²) < 4.78 is 5.47. The predicted molar refractivity (Wildman–Crippen MR) is 80.6 cm³/mol. The van der Waals surface area contributed by atoms with E-state index in [2.05, 4.69) is 11.4 Å². The number of benzene rings is 1. The van der Waals surface area contributed by atoms with Crippen molar-refractivity contribution in [3.63, 3.8) is 0 Å². The molecule has 21 heavy (non-hydrogen) atoms. The lowest BCUT2D eigenvalue weighted by Gasteiger charge is -2.23. The van der Waals surface area contributed by atoms with Gasteiger partial charge in [-0.05, 0) is 44.5 Å². The third kappa shape index (κ3) is 3.72. The first kappa shape index (κ1) is 15.3. The zero-order chi connectivity index (χ0) is 15.5. The van der Waals surface area contributed by atoms with Gasteiger partial charge in [0, 0.05) is 18.7 Å². The fourth-order valence-electron chi connectivity index (χ4n) is 2.46. The molecule has 1 unspecified atom stereocenters. The monoisotopic (exact) mass is 284 g/mol. The van der Waals surface area contributed by atoms with Gasteiger partial charge in [-0.1, -0.05) is 12.1 Å². The zero-order valence-electron chi connectivity index (χ0n) is 12.6. The molecule has 0 saturated carbocycles. The van der Waals surface area contributed by atoms with Gasteiger partial charge in [0.25, 0.3) is 0 Å². The number of hydrogen-bond donors (Lipinski definition) is 2. The van der Waals surface area contributed by atoms with E-state index in [1.54, 1.807) is 13.0 Å². The Morgan fingerprint density at radius 3 is 2.71 bits per heavy atom. The van der Waals surface area contributed by atoms with E-state index in [1.165, 1.54) is 0 Å². The van der Waals surface area contributed by atoms with Crippen molar-refractivity contribution < 1.29 is 9.52 Å². The number of nitriles is 1. The quantitative estimate of drug-likeness (QED) is 0.885. The highest BCUT2D eigenvalue weighted by Gasteiger charge is 2.27. The molecular weight excluding hydrogens is 264 g/mol. The number of furan rings is 1. The van der Waals surface area contributed by atoms with E-state index >= 15 is 0 Å². The van der Waals surface area contributed by atoms with E-state index in [0.29, 0.717) is 18.7 Å². The SMILES string of the molecule is Cc1cc(C(C)(O)CNCc2cccc(C#N)c2)c(C)o1. The summed E-state index contributed by atoms with van der Waals surface area (Å²) in [5.74, 6) is 1.54. The van der Waals surface area contributed by atoms with Crippen LogP contribution in [0, 0.1) is 25.2 Å². The van der Waals surface area contributed by atoms with Crippen LogP contribution >= 0.6 is 0 Å². The summed E-state index contributed by atoms with van der Waals surface area (Å²) in [6, 6.07) is 11.4. The Morgan fingerprint density at radius 2 is 2.10 bits per heavy atom. The average molecular weight is 284 g/mol. The van der Waals surface area contributed by atoms with Crippen LogP contribution < -0.4 is 5.32 Å². The van der Waals surface area contributed by atoms with E-state index in [-0.39, 0.29) is 0 Å². The van der Waals surface area contributed by atoms with E-state index in [1.807, 2.05) is 38.1 Å². The Balaban J connectivity index is 1.99. The molecule has 0 aliphatic heterocycles. The lowest BCUT2D eigenvalue weighted by atomic mass is 9.96. The Labute approximate surface area is 125 Å². The lowest BCUT2D eigenvalue weighted by molar-refractivity contribution is 0.0552. The van der Waals surface area contributed by atoms with Crippen LogP contribution in [0.15, 0.2) is 34.7 Å². The molecule has 1 atom stereocenters. The van der Waals surface area contributed by atoms with Crippen LogP contribution in [0.4, 0.5) is 0 Å². The number of rotatable bonds is 5. The van der Waals surface area contributed by atoms with Crippen molar-refractivity contribution in [2.45, 2.75) is 32.9 Å². The van der Waals surface area contributed by atoms with Crippen LogP contribution in [-0.4, -0.2) is 11.7 Å². The molecule has 0 fully saturated rings. The third-order valence-electron chi connectivity index (χ3n) is 3.48. The van der Waals surface area contributed by atoms with Crippen molar-refractivity contribution in [2.24, 2.45) is 0 Å². The van der Waals surface area contributed by atoms with Gasteiger partial charge in [-0.3, -0.25) is 0 Å². The van der Waals surface area contributed by atoms with Gasteiger partial charge in [-0.25, -0.2) is 0 Å². The van der Waals surface area contributed by atoms with Crippen LogP contribution in [-0.2, 0) is 12.1 Å². The maximum atomic E-state index is 10.6. The summed E-state index contributed by atoms with van der Waals surface area (Å²) in [7, 11) is 0. The minimum atomic E-state index is -0.991. The summed E-state index contributed by atoms with van der Waals surface area (Å²) in [4.78, 5) is 0. The van der Waals surface area contributed by atoms with Crippen molar-refractivity contribution in [2.75, 3.05) is 6.54 Å². The lowest BCUT2D eigenvalue weighted by Crippen LogP contribution is -2.35. The standard InChI is InChI=1S/C17H20N2O2/c1-12-7-16(13(2)21-12)17(3,20)11-19-10-15-6-4-5-14(8-15)9-18/h4-8,19-20H,10-11H2,1-3H3. The molecule has 1 aromatic heterocycles. The first-order valence-electron chi connectivity index (χ1n) is 6.92. The van der Waals surface area contributed by atoms with E-state index < -0.39 is 5.60 Å². The molecule has 1 aromatic carbocycles. The number of nitrogens with zero attached hydrogens (tertiary/aromatic N) is 1. The molecule has 0 amide bonds. The number of hydrogen-bond acceptors (Lipinski definition) is 4. The Morgan fingerprint density at radius 1 is 1.33 bits per heavy atom. The third-order valence-corrected chi connectivity index (χ3v) is 3.48. The van der Waals surface area contributed by atoms with Gasteiger partial charge in [0.15, 0.2) is 0 Å². The maximum absolute atomic E-state index is 10.6. The van der Waals surface area contributed by atoms with Gasteiger partial charge in [0.1, 0.15) is 17.1 Å². The number of aliphatic hydroxyl groups is 1. The fourth-order valence-corrected chi connectivity index (χ4v) is 2.46. The van der Waals surface area contributed by atoms with Crippen molar-refractivity contribution in [3.05, 3.63) is 58.5 Å². The normalized spacial score (nSPS) is 13.7. The highest BCUT2D eigenvalue weighted by molar-refractivity contribution is 5.32. The van der Waals surface area contributed by atoms with Crippen LogP contribution in [0.2, 0.25) is 0 Å². The molecule has 2 N–H and O–H groups in total. The molecule has 0 spiro atoms. The molecule has 0 bridgehead atoms. The van der Waals surface area contributed by atoms with Gasteiger partial charge in [-0.2, -0.15) is 5.26 Å². The van der Waals surface area contributed by atoms with Crippen LogP contribution in [0.1, 0.15) is 35.1 Å². The molecule has 0 aliphatic rings. The highest BCUT2D eigenvalue weighted by Crippen LogP contribution is 2.26. The number of aryl methyl sites for hydroxylation is 2. The first-order chi connectivity index (χ1) is 9.92. The predicted octanol–water partition coefficient (Wildman–Crippen LogP) is 2.77. The van der Waals surface area contributed by atoms with Gasteiger partial charge in [-0.15, -0.1) is 0 Å². The molecule has 0 saturated heterocycles. The van der Waals surface area contributed by atoms with Crippen molar-refractivity contribution in [3.8, 4) is 6.07 Å². The first-order valence-corrected chi connectivity index (χ1v) is 6.92. The van der Waals surface area contributed by atoms with Crippen LogP contribution in [0.25, 0.3) is 0 Å². The second-order valence-electron chi connectivity index (χ2n) is 5.52. The molecule has 2 aromatic rings. The summed E-state index contributed by atoms with van der Waals surface area (Å²) >= 11 is 0. The van der Waals surface area contributed by atoms with Gasteiger partial charge in [0.05, 0.1) is 11.6 Å². The largest absolute Gasteiger partial charge is 0.466 e. The highest BCUT2D eigenvalue weighted by atomic mass is 16.3. The smallest absolute Gasteiger partial charge is 0.107 e. The molecule has 4 nitrogen and oxygen atoms in total. The molecular formula is C17H20N2O2. The van der Waals surface area contributed by atoms with Gasteiger partial charge < -0.3 is 14.8 Å². The molecule has 1 heterocycles. The number of nitrogens with one attached hydrogen (secondary N) is 1. The van der Waals surface area contributed by atoms with E-state index in [4.69, 9.17) is 9.68 Å². The molecule has 110 valence electrons. The zero-order valence-corrected chi connectivity index (χ0v) is 12.6. The summed E-state index contributed by atoms with van der Waals surface area (Å²) in [5.41, 5.74) is 1.47. The molecule has 0 radical (unpaired) electrons.